The summed E-state index contributed by atoms with van der Waals surface area (Å²) in [4.78, 5) is 12.2. The molecule has 0 aliphatic heterocycles. The molecule has 8 nitrogen and oxygen atoms in total. The second kappa shape index (κ2) is 8.19. The number of carbonyl (C=O) groups is 1. The zero-order valence-electron chi connectivity index (χ0n) is 14.8. The standard InChI is InChI=1S/C18H21N5O3/c1-3-22-10-8-14(20-22)12-19-18(24)17-9-11-23(21-17)13-26-16-6-4-15(25-2)5-7-16/h4-11H,3,12-13H2,1-2H3,(H,19,24). The van der Waals surface area contributed by atoms with Crippen molar-refractivity contribution in [2.75, 3.05) is 7.11 Å². The van der Waals surface area contributed by atoms with Crippen molar-refractivity contribution >= 4 is 5.91 Å². The van der Waals surface area contributed by atoms with E-state index >= 15 is 0 Å². The molecule has 1 N–H and O–H groups in total. The predicted molar refractivity (Wildman–Crippen MR) is 94.9 cm³/mol. The van der Waals surface area contributed by atoms with Gasteiger partial charge in [-0.3, -0.25) is 9.48 Å². The molecular formula is C18H21N5O3. The highest BCUT2D eigenvalue weighted by atomic mass is 16.5. The molecule has 0 spiro atoms. The lowest BCUT2D eigenvalue weighted by Gasteiger charge is -2.07. The average Bonchev–Trinajstić information content (AvgIpc) is 3.34. The van der Waals surface area contributed by atoms with E-state index in [1.165, 1.54) is 0 Å². The molecule has 3 rings (SSSR count). The fourth-order valence-electron chi connectivity index (χ4n) is 2.30. The van der Waals surface area contributed by atoms with Crippen LogP contribution in [0.2, 0.25) is 0 Å². The number of nitrogens with zero attached hydrogens (tertiary/aromatic N) is 4. The van der Waals surface area contributed by atoms with Crippen molar-refractivity contribution in [1.82, 2.24) is 24.9 Å². The number of rotatable bonds is 8. The highest BCUT2D eigenvalue weighted by Crippen LogP contribution is 2.17. The lowest BCUT2D eigenvalue weighted by molar-refractivity contribution is 0.0943. The number of hydrogen-bond donors (Lipinski definition) is 1. The van der Waals surface area contributed by atoms with E-state index < -0.39 is 0 Å². The molecule has 0 unspecified atom stereocenters. The van der Waals surface area contributed by atoms with Crippen LogP contribution in [0.3, 0.4) is 0 Å². The van der Waals surface area contributed by atoms with Gasteiger partial charge in [0.15, 0.2) is 6.73 Å². The maximum atomic E-state index is 12.2. The van der Waals surface area contributed by atoms with E-state index in [0.29, 0.717) is 18.0 Å². The van der Waals surface area contributed by atoms with Crippen LogP contribution in [0.25, 0.3) is 0 Å². The molecule has 2 heterocycles. The number of amides is 1. The number of hydrogen-bond acceptors (Lipinski definition) is 5. The summed E-state index contributed by atoms with van der Waals surface area (Å²) < 4.78 is 14.1. The molecule has 0 aliphatic rings. The summed E-state index contributed by atoms with van der Waals surface area (Å²) in [7, 11) is 1.61. The van der Waals surface area contributed by atoms with E-state index in [-0.39, 0.29) is 12.6 Å². The fourth-order valence-corrected chi connectivity index (χ4v) is 2.30. The summed E-state index contributed by atoms with van der Waals surface area (Å²) in [5.74, 6) is 1.21. The fraction of sp³-hybridized carbons (Fsp3) is 0.278. The first-order valence-corrected chi connectivity index (χ1v) is 8.28. The second-order valence-corrected chi connectivity index (χ2v) is 5.53. The van der Waals surface area contributed by atoms with E-state index in [2.05, 4.69) is 15.5 Å². The number of ether oxygens (including phenoxy) is 2. The van der Waals surface area contributed by atoms with Gasteiger partial charge in [0, 0.05) is 18.9 Å². The van der Waals surface area contributed by atoms with Gasteiger partial charge in [0.2, 0.25) is 0 Å². The number of methoxy groups -OCH3 is 1. The maximum Gasteiger partial charge on any atom is 0.272 e. The quantitative estimate of drug-likeness (QED) is 0.669. The minimum Gasteiger partial charge on any atom is -0.497 e. The van der Waals surface area contributed by atoms with E-state index in [1.807, 2.05) is 48.1 Å². The summed E-state index contributed by atoms with van der Waals surface area (Å²) in [6.45, 7) is 3.38. The van der Waals surface area contributed by atoms with Crippen LogP contribution >= 0.6 is 0 Å². The zero-order valence-corrected chi connectivity index (χ0v) is 14.8. The lowest BCUT2D eigenvalue weighted by atomic mass is 10.3. The lowest BCUT2D eigenvalue weighted by Crippen LogP contribution is -2.24. The SMILES string of the molecule is CCn1ccc(CNC(=O)c2ccn(COc3ccc(OC)cc3)n2)n1. The number of nitrogens with one attached hydrogen (secondary N) is 1. The van der Waals surface area contributed by atoms with Gasteiger partial charge in [-0.1, -0.05) is 0 Å². The molecular weight excluding hydrogens is 334 g/mol. The number of carbonyl (C=O) groups excluding carboxylic acids is 1. The van der Waals surface area contributed by atoms with Crippen LogP contribution in [-0.4, -0.2) is 32.6 Å². The van der Waals surface area contributed by atoms with Crippen molar-refractivity contribution in [3.8, 4) is 11.5 Å². The van der Waals surface area contributed by atoms with Gasteiger partial charge in [0.05, 0.1) is 19.3 Å². The molecule has 0 radical (unpaired) electrons. The molecule has 0 bridgehead atoms. The summed E-state index contributed by atoms with van der Waals surface area (Å²) in [5, 5.41) is 11.4. The molecule has 2 aromatic heterocycles. The van der Waals surface area contributed by atoms with Gasteiger partial charge in [0.1, 0.15) is 17.2 Å². The van der Waals surface area contributed by atoms with Crippen LogP contribution in [0.4, 0.5) is 0 Å². The Labute approximate surface area is 151 Å². The normalized spacial score (nSPS) is 10.5. The van der Waals surface area contributed by atoms with Crippen molar-refractivity contribution in [2.45, 2.75) is 26.7 Å². The summed E-state index contributed by atoms with van der Waals surface area (Å²) in [6.07, 6.45) is 3.58. The summed E-state index contributed by atoms with van der Waals surface area (Å²) in [6, 6.07) is 10.8. The highest BCUT2D eigenvalue weighted by Gasteiger charge is 2.10. The van der Waals surface area contributed by atoms with Crippen LogP contribution in [-0.2, 0) is 19.8 Å². The van der Waals surface area contributed by atoms with Gasteiger partial charge in [-0.2, -0.15) is 10.2 Å². The summed E-state index contributed by atoms with van der Waals surface area (Å²) in [5.41, 5.74) is 1.14. The minimum absolute atomic E-state index is 0.209. The summed E-state index contributed by atoms with van der Waals surface area (Å²) >= 11 is 0. The van der Waals surface area contributed by atoms with Crippen molar-refractivity contribution in [2.24, 2.45) is 0 Å². The van der Waals surface area contributed by atoms with Gasteiger partial charge in [-0.05, 0) is 43.3 Å². The van der Waals surface area contributed by atoms with E-state index in [1.54, 1.807) is 24.1 Å². The Bertz CT molecular complexity index is 854. The zero-order chi connectivity index (χ0) is 18.4. The third-order valence-corrected chi connectivity index (χ3v) is 3.75. The van der Waals surface area contributed by atoms with Crippen LogP contribution in [0.5, 0.6) is 11.5 Å². The molecule has 8 heteroatoms. The Morgan fingerprint density at radius 1 is 1.04 bits per heavy atom. The van der Waals surface area contributed by atoms with E-state index in [9.17, 15) is 4.79 Å². The molecule has 1 aromatic carbocycles. The van der Waals surface area contributed by atoms with Crippen molar-refractivity contribution in [1.29, 1.82) is 0 Å². The molecule has 0 saturated carbocycles. The van der Waals surface area contributed by atoms with Crippen molar-refractivity contribution in [3.05, 3.63) is 60.2 Å². The molecule has 0 atom stereocenters. The Kier molecular flexibility index (Phi) is 5.52. The van der Waals surface area contributed by atoms with Gasteiger partial charge in [-0.25, -0.2) is 4.68 Å². The first-order valence-electron chi connectivity index (χ1n) is 8.28. The molecule has 136 valence electrons. The smallest absolute Gasteiger partial charge is 0.272 e. The maximum absolute atomic E-state index is 12.2. The third kappa shape index (κ3) is 4.41. The number of aromatic nitrogens is 4. The van der Waals surface area contributed by atoms with E-state index in [4.69, 9.17) is 9.47 Å². The van der Waals surface area contributed by atoms with Crippen LogP contribution in [0, 0.1) is 0 Å². The molecule has 0 fully saturated rings. The Hall–Kier alpha value is -3.29. The minimum atomic E-state index is -0.251. The number of aryl methyl sites for hydroxylation is 1. The van der Waals surface area contributed by atoms with Crippen LogP contribution in [0.15, 0.2) is 48.8 Å². The second-order valence-electron chi connectivity index (χ2n) is 5.53. The Balaban J connectivity index is 1.50. The first-order chi connectivity index (χ1) is 12.7. The topological polar surface area (TPSA) is 83.2 Å². The van der Waals surface area contributed by atoms with Crippen molar-refractivity contribution < 1.29 is 14.3 Å². The van der Waals surface area contributed by atoms with Crippen LogP contribution < -0.4 is 14.8 Å². The molecule has 1 amide bonds. The predicted octanol–water partition coefficient (Wildman–Crippen LogP) is 2.07. The molecule has 0 saturated heterocycles. The van der Waals surface area contributed by atoms with Crippen molar-refractivity contribution in [3.63, 3.8) is 0 Å². The monoisotopic (exact) mass is 355 g/mol. The Morgan fingerprint density at radius 2 is 1.77 bits per heavy atom. The van der Waals surface area contributed by atoms with Gasteiger partial charge < -0.3 is 14.8 Å². The molecule has 26 heavy (non-hydrogen) atoms. The van der Waals surface area contributed by atoms with Crippen LogP contribution in [0.1, 0.15) is 23.1 Å². The van der Waals surface area contributed by atoms with E-state index in [0.717, 1.165) is 18.0 Å². The van der Waals surface area contributed by atoms with Gasteiger partial charge >= 0.3 is 0 Å². The van der Waals surface area contributed by atoms with Gasteiger partial charge in [-0.15, -0.1) is 0 Å². The Morgan fingerprint density at radius 3 is 2.46 bits per heavy atom. The third-order valence-electron chi connectivity index (χ3n) is 3.75. The molecule has 0 aliphatic carbocycles. The first kappa shape index (κ1) is 17.5. The largest absolute Gasteiger partial charge is 0.497 e. The average molecular weight is 355 g/mol. The van der Waals surface area contributed by atoms with Gasteiger partial charge in [0.25, 0.3) is 5.91 Å². The highest BCUT2D eigenvalue weighted by molar-refractivity contribution is 5.92. The number of benzene rings is 1. The molecule has 3 aromatic rings.